The first-order valence-electron chi connectivity index (χ1n) is 10.4. The van der Waals surface area contributed by atoms with Gasteiger partial charge in [-0.05, 0) is 23.9 Å². The lowest BCUT2D eigenvalue weighted by atomic mass is 10.1. The number of ether oxygens (including phenoxy) is 4. The topological polar surface area (TPSA) is 174 Å². The molecule has 0 saturated carbocycles. The normalized spacial score (nSPS) is 21.6. The fourth-order valence-electron chi connectivity index (χ4n) is 3.43. The van der Waals surface area contributed by atoms with E-state index in [-0.39, 0.29) is 12.3 Å². The highest BCUT2D eigenvalue weighted by Crippen LogP contribution is 2.35. The maximum atomic E-state index is 11.8. The number of aromatic nitrogens is 4. The molecule has 190 valence electrons. The van der Waals surface area contributed by atoms with E-state index in [2.05, 4.69) is 15.3 Å². The van der Waals surface area contributed by atoms with Gasteiger partial charge in [-0.3, -0.25) is 24.5 Å². The standard InChI is InChI=1S/C20H19N5O9S2/c1-9(26)32-14-8-31-18(16(34-11(3)28)15(14)33-10(2)27)36-20-22-21-19-24(20)23-17(35-19)12-4-6-13(7-5-12)25(29)30/h4-7,14-16,18H,8H2,1-3H3/t14-,15-,16+,18-/m0/s1. The van der Waals surface area contributed by atoms with Crippen molar-refractivity contribution < 1.29 is 38.3 Å². The van der Waals surface area contributed by atoms with Crippen LogP contribution < -0.4 is 0 Å². The van der Waals surface area contributed by atoms with E-state index < -0.39 is 46.6 Å². The Morgan fingerprint density at radius 1 is 1.06 bits per heavy atom. The maximum Gasteiger partial charge on any atom is 0.303 e. The van der Waals surface area contributed by atoms with Crippen LogP contribution in [-0.4, -0.2) is 73.0 Å². The van der Waals surface area contributed by atoms with Gasteiger partial charge in [0.1, 0.15) is 5.01 Å². The fraction of sp³-hybridized carbons (Fsp3) is 0.400. The number of thioether (sulfide) groups is 1. The minimum absolute atomic E-state index is 0.0432. The smallest absolute Gasteiger partial charge is 0.303 e. The Morgan fingerprint density at radius 3 is 2.31 bits per heavy atom. The van der Waals surface area contributed by atoms with Crippen LogP contribution in [0.3, 0.4) is 0 Å². The summed E-state index contributed by atoms with van der Waals surface area (Å²) in [6.45, 7) is 3.45. The summed E-state index contributed by atoms with van der Waals surface area (Å²) in [5.74, 6) is -1.93. The molecular weight excluding hydrogens is 518 g/mol. The Balaban J connectivity index is 1.61. The molecule has 1 aliphatic rings. The van der Waals surface area contributed by atoms with Crippen molar-refractivity contribution in [3.8, 4) is 10.6 Å². The number of hydrogen-bond acceptors (Lipinski definition) is 14. The number of nitro benzene ring substituents is 1. The number of carbonyl (C=O) groups is 3. The number of fused-ring (bicyclic) bond motifs is 1. The van der Waals surface area contributed by atoms with Gasteiger partial charge < -0.3 is 18.9 Å². The van der Waals surface area contributed by atoms with Crippen molar-refractivity contribution in [1.82, 2.24) is 19.8 Å². The number of carbonyl (C=O) groups excluding carboxylic acids is 3. The van der Waals surface area contributed by atoms with Gasteiger partial charge in [0.2, 0.25) is 10.1 Å². The Morgan fingerprint density at radius 2 is 1.69 bits per heavy atom. The number of nitrogens with zero attached hydrogens (tertiary/aromatic N) is 5. The SMILES string of the molecule is CC(=O)O[C@@H]1[C@@H](OC(C)=O)[C@H](Sc2nnc3sc(-c4ccc([N+](=O)[O-])cc4)nn23)OC[C@@H]1OC(C)=O. The molecule has 1 aromatic carbocycles. The molecule has 14 nitrogen and oxygen atoms in total. The molecule has 36 heavy (non-hydrogen) atoms. The van der Waals surface area contributed by atoms with Gasteiger partial charge >= 0.3 is 17.9 Å². The molecule has 2 aromatic heterocycles. The van der Waals surface area contributed by atoms with Crippen LogP contribution in [-0.2, 0) is 33.3 Å². The predicted molar refractivity (Wildman–Crippen MR) is 123 cm³/mol. The molecular formula is C20H19N5O9S2. The monoisotopic (exact) mass is 537 g/mol. The summed E-state index contributed by atoms with van der Waals surface area (Å²) < 4.78 is 23.3. The summed E-state index contributed by atoms with van der Waals surface area (Å²) in [6, 6.07) is 5.91. The number of esters is 3. The zero-order valence-electron chi connectivity index (χ0n) is 19.1. The molecule has 1 fully saturated rings. The molecule has 0 N–H and O–H groups in total. The molecule has 0 radical (unpaired) electrons. The molecule has 3 heterocycles. The summed E-state index contributed by atoms with van der Waals surface area (Å²) in [4.78, 5) is 46.0. The average molecular weight is 538 g/mol. The Kier molecular flexibility index (Phi) is 7.46. The van der Waals surface area contributed by atoms with E-state index in [1.165, 1.54) is 48.8 Å². The zero-order valence-corrected chi connectivity index (χ0v) is 20.7. The Hall–Kier alpha value is -3.63. The number of benzene rings is 1. The first kappa shape index (κ1) is 25.5. The molecule has 0 bridgehead atoms. The van der Waals surface area contributed by atoms with Gasteiger partial charge in [0, 0.05) is 38.5 Å². The lowest BCUT2D eigenvalue weighted by Gasteiger charge is -2.39. The van der Waals surface area contributed by atoms with Crippen LogP contribution >= 0.6 is 23.1 Å². The van der Waals surface area contributed by atoms with E-state index in [1.54, 1.807) is 12.1 Å². The number of nitro groups is 1. The number of rotatable bonds is 7. The molecule has 1 saturated heterocycles. The minimum atomic E-state index is -1.13. The fourth-order valence-corrected chi connectivity index (χ4v) is 5.35. The highest BCUT2D eigenvalue weighted by atomic mass is 32.2. The molecule has 4 atom stereocenters. The third-order valence-corrected chi connectivity index (χ3v) is 6.86. The highest BCUT2D eigenvalue weighted by Gasteiger charge is 2.47. The lowest BCUT2D eigenvalue weighted by molar-refractivity contribution is -0.384. The number of hydrogen-bond donors (Lipinski definition) is 0. The van der Waals surface area contributed by atoms with Crippen LogP contribution in [0.5, 0.6) is 0 Å². The van der Waals surface area contributed by atoms with E-state index in [4.69, 9.17) is 18.9 Å². The van der Waals surface area contributed by atoms with E-state index >= 15 is 0 Å². The van der Waals surface area contributed by atoms with Gasteiger partial charge in [-0.25, -0.2) is 0 Å². The van der Waals surface area contributed by atoms with Crippen molar-refractivity contribution in [2.45, 2.75) is 49.7 Å². The van der Waals surface area contributed by atoms with Crippen molar-refractivity contribution >= 4 is 51.7 Å². The largest absolute Gasteiger partial charge is 0.456 e. The van der Waals surface area contributed by atoms with Gasteiger partial charge in [-0.15, -0.1) is 10.2 Å². The molecule has 3 aromatic rings. The quantitative estimate of drug-likeness (QED) is 0.185. The van der Waals surface area contributed by atoms with Gasteiger partial charge in [0.15, 0.2) is 23.7 Å². The van der Waals surface area contributed by atoms with Crippen LogP contribution in [0.15, 0.2) is 29.4 Å². The molecule has 0 spiro atoms. The van der Waals surface area contributed by atoms with Gasteiger partial charge in [0.05, 0.1) is 11.5 Å². The van der Waals surface area contributed by atoms with Crippen LogP contribution in [0.25, 0.3) is 15.5 Å². The summed E-state index contributed by atoms with van der Waals surface area (Å²) in [7, 11) is 0. The highest BCUT2D eigenvalue weighted by molar-refractivity contribution is 7.99. The van der Waals surface area contributed by atoms with E-state index in [0.717, 1.165) is 11.8 Å². The second-order valence-corrected chi connectivity index (χ2v) is 9.53. The summed E-state index contributed by atoms with van der Waals surface area (Å²) >= 11 is 2.25. The van der Waals surface area contributed by atoms with Crippen molar-refractivity contribution in [2.24, 2.45) is 0 Å². The first-order chi connectivity index (χ1) is 17.1. The molecule has 1 aliphatic heterocycles. The van der Waals surface area contributed by atoms with E-state index in [9.17, 15) is 24.5 Å². The van der Waals surface area contributed by atoms with Crippen LogP contribution in [0.1, 0.15) is 20.8 Å². The molecule has 0 unspecified atom stereocenters. The molecule has 0 amide bonds. The van der Waals surface area contributed by atoms with Gasteiger partial charge in [0.25, 0.3) is 5.69 Å². The predicted octanol–water partition coefficient (Wildman–Crippen LogP) is 2.00. The van der Waals surface area contributed by atoms with Gasteiger partial charge in [-0.2, -0.15) is 9.61 Å². The summed E-state index contributed by atoms with van der Waals surface area (Å²) in [6.07, 6.45) is -3.23. The maximum absolute atomic E-state index is 11.8. The second-order valence-electron chi connectivity index (χ2n) is 7.50. The lowest BCUT2D eigenvalue weighted by Crippen LogP contribution is -2.56. The molecule has 0 aliphatic carbocycles. The van der Waals surface area contributed by atoms with E-state index in [0.29, 0.717) is 20.7 Å². The van der Waals surface area contributed by atoms with E-state index in [1.807, 2.05) is 0 Å². The van der Waals surface area contributed by atoms with Crippen molar-refractivity contribution in [2.75, 3.05) is 6.61 Å². The minimum Gasteiger partial charge on any atom is -0.456 e. The van der Waals surface area contributed by atoms with Crippen LogP contribution in [0, 0.1) is 10.1 Å². The summed E-state index contributed by atoms with van der Waals surface area (Å²) in [5.41, 5.74) is -0.293. The van der Waals surface area contributed by atoms with Crippen LogP contribution in [0.2, 0.25) is 0 Å². The summed E-state index contributed by atoms with van der Waals surface area (Å²) in [5, 5.41) is 24.5. The third-order valence-electron chi connectivity index (χ3n) is 4.81. The molecule has 16 heteroatoms. The second kappa shape index (κ2) is 10.5. The van der Waals surface area contributed by atoms with Crippen molar-refractivity contribution in [3.05, 3.63) is 34.4 Å². The number of non-ortho nitro benzene ring substituents is 1. The Labute approximate surface area is 211 Å². The first-order valence-corrected chi connectivity index (χ1v) is 12.1. The zero-order chi connectivity index (χ0) is 26.0. The average Bonchev–Trinajstić information content (AvgIpc) is 3.38. The molecule has 4 rings (SSSR count). The van der Waals surface area contributed by atoms with Crippen molar-refractivity contribution in [3.63, 3.8) is 0 Å². The Bertz CT molecular complexity index is 1310. The third kappa shape index (κ3) is 5.60. The van der Waals surface area contributed by atoms with Crippen molar-refractivity contribution in [1.29, 1.82) is 0 Å². The van der Waals surface area contributed by atoms with Crippen LogP contribution in [0.4, 0.5) is 5.69 Å². The van der Waals surface area contributed by atoms with Gasteiger partial charge in [-0.1, -0.05) is 11.3 Å².